The van der Waals surface area contributed by atoms with E-state index in [0.717, 1.165) is 5.56 Å². The normalized spacial score (nSPS) is 14.5. The van der Waals surface area contributed by atoms with Gasteiger partial charge in [0.25, 0.3) is 0 Å². The Morgan fingerprint density at radius 2 is 2.04 bits per heavy atom. The molecule has 7 heteroatoms. The highest BCUT2D eigenvalue weighted by molar-refractivity contribution is 5.94. The topological polar surface area (TPSA) is 61.4 Å². The molecule has 0 spiro atoms. The van der Waals surface area contributed by atoms with Crippen LogP contribution in [0.3, 0.4) is 0 Å². The van der Waals surface area contributed by atoms with Crippen LogP contribution in [0.25, 0.3) is 0 Å². The summed E-state index contributed by atoms with van der Waals surface area (Å²) in [6, 6.07) is 7.90. The van der Waals surface area contributed by atoms with Crippen LogP contribution in [0.1, 0.15) is 29.7 Å². The number of benzene rings is 2. The fourth-order valence-electron chi connectivity index (χ4n) is 2.94. The molecule has 2 N–H and O–H groups in total. The maximum atomic E-state index is 14.0. The van der Waals surface area contributed by atoms with E-state index in [1.165, 1.54) is 29.2 Å². The molecular formula is C19H19F2N3O2. The summed E-state index contributed by atoms with van der Waals surface area (Å²) in [5.74, 6) is -1.22. The number of amides is 3. The van der Waals surface area contributed by atoms with Crippen molar-refractivity contribution in [3.05, 3.63) is 64.7 Å². The third kappa shape index (κ3) is 3.82. The fraction of sp³-hybridized carbons (Fsp3) is 0.263. The van der Waals surface area contributed by atoms with E-state index in [2.05, 4.69) is 10.6 Å². The van der Waals surface area contributed by atoms with Gasteiger partial charge in [-0.3, -0.25) is 4.79 Å². The zero-order valence-corrected chi connectivity index (χ0v) is 14.5. The lowest BCUT2D eigenvalue weighted by Gasteiger charge is -2.29. The monoisotopic (exact) mass is 359 g/mol. The van der Waals surface area contributed by atoms with Gasteiger partial charge >= 0.3 is 6.03 Å². The number of fused-ring (bicyclic) bond motifs is 1. The Morgan fingerprint density at radius 1 is 1.27 bits per heavy atom. The molecule has 1 atom stereocenters. The number of urea groups is 1. The second kappa shape index (κ2) is 7.11. The molecule has 0 bridgehead atoms. The van der Waals surface area contributed by atoms with Gasteiger partial charge in [0, 0.05) is 11.3 Å². The molecule has 1 aliphatic heterocycles. The molecule has 0 fully saturated rings. The Hall–Kier alpha value is -2.96. The van der Waals surface area contributed by atoms with Crippen molar-refractivity contribution in [1.29, 1.82) is 0 Å². The fourth-order valence-corrected chi connectivity index (χ4v) is 2.94. The number of hydrogen-bond acceptors (Lipinski definition) is 2. The molecule has 0 aliphatic carbocycles. The van der Waals surface area contributed by atoms with Crippen molar-refractivity contribution >= 4 is 17.6 Å². The summed E-state index contributed by atoms with van der Waals surface area (Å²) in [5, 5.41) is 5.31. The molecule has 0 unspecified atom stereocenters. The van der Waals surface area contributed by atoms with E-state index in [1.54, 1.807) is 26.0 Å². The lowest BCUT2D eigenvalue weighted by molar-refractivity contribution is -0.122. The van der Waals surface area contributed by atoms with Crippen LogP contribution in [0.4, 0.5) is 19.3 Å². The van der Waals surface area contributed by atoms with E-state index in [0.29, 0.717) is 16.8 Å². The Balaban J connectivity index is 1.65. The van der Waals surface area contributed by atoms with E-state index < -0.39 is 29.6 Å². The number of nitrogens with one attached hydrogen (secondary N) is 2. The smallest absolute Gasteiger partial charge is 0.322 e. The minimum atomic E-state index is -0.541. The average molecular weight is 359 g/mol. The zero-order chi connectivity index (χ0) is 18.8. The van der Waals surface area contributed by atoms with E-state index in [1.807, 2.05) is 0 Å². The third-order valence-electron chi connectivity index (χ3n) is 4.29. The maximum absolute atomic E-state index is 14.0. The third-order valence-corrected chi connectivity index (χ3v) is 4.29. The van der Waals surface area contributed by atoms with Crippen molar-refractivity contribution in [3.63, 3.8) is 0 Å². The second-order valence-electron chi connectivity index (χ2n) is 6.40. The standard InChI is InChI=1S/C19H19F2N3O2/c1-11-3-5-15(16(21)7-11)12(2)22-18(25)10-24-9-13-8-14(20)4-6-17(13)23-19(24)26/h3-8,12H,9-10H2,1-2H3,(H,22,25)(H,23,26)/t12-/m0/s1. The first-order valence-corrected chi connectivity index (χ1v) is 8.23. The summed E-state index contributed by atoms with van der Waals surface area (Å²) in [7, 11) is 0. The number of carbonyl (C=O) groups is 2. The summed E-state index contributed by atoms with van der Waals surface area (Å²) in [6.07, 6.45) is 0. The van der Waals surface area contributed by atoms with Crippen LogP contribution in [-0.2, 0) is 11.3 Å². The lowest BCUT2D eigenvalue weighted by atomic mass is 10.1. The largest absolute Gasteiger partial charge is 0.348 e. The number of aryl methyl sites for hydroxylation is 1. The maximum Gasteiger partial charge on any atom is 0.322 e. The van der Waals surface area contributed by atoms with Gasteiger partial charge in [0.05, 0.1) is 12.6 Å². The van der Waals surface area contributed by atoms with Gasteiger partial charge in [0.1, 0.15) is 18.2 Å². The number of nitrogens with zero attached hydrogens (tertiary/aromatic N) is 1. The van der Waals surface area contributed by atoms with Crippen molar-refractivity contribution in [3.8, 4) is 0 Å². The van der Waals surface area contributed by atoms with Gasteiger partial charge in [-0.25, -0.2) is 13.6 Å². The van der Waals surface area contributed by atoms with Crippen molar-refractivity contribution in [1.82, 2.24) is 10.2 Å². The van der Waals surface area contributed by atoms with Gasteiger partial charge < -0.3 is 15.5 Å². The zero-order valence-electron chi connectivity index (χ0n) is 14.5. The number of halogens is 2. The highest BCUT2D eigenvalue weighted by Gasteiger charge is 2.25. The Morgan fingerprint density at radius 3 is 2.77 bits per heavy atom. The lowest BCUT2D eigenvalue weighted by Crippen LogP contribution is -2.45. The van der Waals surface area contributed by atoms with Crippen molar-refractivity contribution in [2.24, 2.45) is 0 Å². The summed E-state index contributed by atoms with van der Waals surface area (Å²) in [4.78, 5) is 25.6. The number of rotatable bonds is 4. The molecule has 0 saturated heterocycles. The molecule has 0 aromatic heterocycles. The summed E-state index contributed by atoms with van der Waals surface area (Å²) < 4.78 is 27.4. The molecule has 0 saturated carbocycles. The number of anilines is 1. The molecule has 3 amide bonds. The van der Waals surface area contributed by atoms with E-state index in [9.17, 15) is 18.4 Å². The first kappa shape index (κ1) is 17.8. The van der Waals surface area contributed by atoms with Crippen LogP contribution in [0.2, 0.25) is 0 Å². The van der Waals surface area contributed by atoms with Crippen LogP contribution >= 0.6 is 0 Å². The van der Waals surface area contributed by atoms with Crippen LogP contribution in [-0.4, -0.2) is 23.4 Å². The summed E-state index contributed by atoms with van der Waals surface area (Å²) in [5.41, 5.74) is 2.29. The van der Waals surface area contributed by atoms with Gasteiger partial charge in [-0.1, -0.05) is 12.1 Å². The number of carbonyl (C=O) groups excluding carboxylic acids is 2. The van der Waals surface area contributed by atoms with Crippen molar-refractivity contribution in [2.45, 2.75) is 26.4 Å². The summed E-state index contributed by atoms with van der Waals surface area (Å²) >= 11 is 0. The Bertz CT molecular complexity index is 870. The van der Waals surface area contributed by atoms with Gasteiger partial charge in [0.2, 0.25) is 5.91 Å². The first-order valence-electron chi connectivity index (χ1n) is 8.23. The molecular weight excluding hydrogens is 340 g/mol. The molecule has 1 aliphatic rings. The first-order chi connectivity index (χ1) is 12.3. The molecule has 136 valence electrons. The average Bonchev–Trinajstić information content (AvgIpc) is 2.55. The predicted molar refractivity (Wildman–Crippen MR) is 93.5 cm³/mol. The quantitative estimate of drug-likeness (QED) is 0.878. The van der Waals surface area contributed by atoms with E-state index in [4.69, 9.17) is 0 Å². The van der Waals surface area contributed by atoms with Crippen molar-refractivity contribution in [2.75, 3.05) is 11.9 Å². The SMILES string of the molecule is Cc1ccc([C@H](C)NC(=O)CN2Cc3cc(F)ccc3NC2=O)c(F)c1. The van der Waals surface area contributed by atoms with E-state index in [-0.39, 0.29) is 13.1 Å². The number of hydrogen-bond donors (Lipinski definition) is 2. The van der Waals surface area contributed by atoms with E-state index >= 15 is 0 Å². The van der Waals surface area contributed by atoms with Gasteiger partial charge in [-0.15, -0.1) is 0 Å². The highest BCUT2D eigenvalue weighted by atomic mass is 19.1. The molecule has 2 aromatic rings. The molecule has 5 nitrogen and oxygen atoms in total. The minimum Gasteiger partial charge on any atom is -0.348 e. The molecule has 2 aromatic carbocycles. The van der Waals surface area contributed by atoms with Crippen LogP contribution in [0, 0.1) is 18.6 Å². The molecule has 0 radical (unpaired) electrons. The highest BCUT2D eigenvalue weighted by Crippen LogP contribution is 2.24. The predicted octanol–water partition coefficient (Wildman–Crippen LogP) is 3.50. The van der Waals surface area contributed by atoms with Crippen LogP contribution in [0.5, 0.6) is 0 Å². The van der Waals surface area contributed by atoms with Crippen LogP contribution < -0.4 is 10.6 Å². The van der Waals surface area contributed by atoms with Gasteiger partial charge in [-0.2, -0.15) is 0 Å². The Kier molecular flexibility index (Phi) is 4.88. The summed E-state index contributed by atoms with van der Waals surface area (Å²) in [6.45, 7) is 3.37. The minimum absolute atomic E-state index is 0.125. The molecule has 3 rings (SSSR count). The second-order valence-corrected chi connectivity index (χ2v) is 6.40. The van der Waals surface area contributed by atoms with Crippen LogP contribution in [0.15, 0.2) is 36.4 Å². The Labute approximate surface area is 150 Å². The molecule has 1 heterocycles. The molecule has 26 heavy (non-hydrogen) atoms. The van der Waals surface area contributed by atoms with Gasteiger partial charge in [-0.05, 0) is 49.2 Å². The van der Waals surface area contributed by atoms with Crippen molar-refractivity contribution < 1.29 is 18.4 Å². The van der Waals surface area contributed by atoms with Gasteiger partial charge in [0.15, 0.2) is 0 Å².